The SMILES string of the molecule is O=C(O)c1cccnc1NC1CCOC1. The number of hydrogen-bond acceptors (Lipinski definition) is 4. The quantitative estimate of drug-likeness (QED) is 0.774. The van der Waals surface area contributed by atoms with Gasteiger partial charge in [0.05, 0.1) is 12.6 Å². The molecule has 0 spiro atoms. The van der Waals surface area contributed by atoms with Crippen molar-refractivity contribution in [3.8, 4) is 0 Å². The van der Waals surface area contributed by atoms with Crippen molar-refractivity contribution in [2.45, 2.75) is 12.5 Å². The van der Waals surface area contributed by atoms with E-state index in [-0.39, 0.29) is 11.6 Å². The smallest absolute Gasteiger partial charge is 0.339 e. The molecule has 1 aromatic heterocycles. The second-order valence-electron chi connectivity index (χ2n) is 3.41. The third-order valence-electron chi connectivity index (χ3n) is 2.31. The summed E-state index contributed by atoms with van der Waals surface area (Å²) >= 11 is 0. The monoisotopic (exact) mass is 208 g/mol. The van der Waals surface area contributed by atoms with Gasteiger partial charge in [0.15, 0.2) is 0 Å². The van der Waals surface area contributed by atoms with Crippen molar-refractivity contribution < 1.29 is 14.6 Å². The molecule has 2 rings (SSSR count). The number of carboxylic acid groups (broad SMARTS) is 1. The van der Waals surface area contributed by atoms with E-state index in [2.05, 4.69) is 10.3 Å². The topological polar surface area (TPSA) is 71.5 Å². The average Bonchev–Trinajstić information content (AvgIpc) is 2.71. The molecule has 0 aliphatic carbocycles. The first-order valence-corrected chi connectivity index (χ1v) is 4.80. The molecule has 1 aromatic rings. The van der Waals surface area contributed by atoms with Crippen LogP contribution in [0, 0.1) is 0 Å². The van der Waals surface area contributed by atoms with E-state index in [1.165, 1.54) is 6.07 Å². The second kappa shape index (κ2) is 4.27. The van der Waals surface area contributed by atoms with Gasteiger partial charge in [0.25, 0.3) is 0 Å². The molecule has 5 nitrogen and oxygen atoms in total. The number of pyridine rings is 1. The zero-order chi connectivity index (χ0) is 10.7. The third-order valence-corrected chi connectivity index (χ3v) is 2.31. The van der Waals surface area contributed by atoms with E-state index in [1.54, 1.807) is 12.3 Å². The third kappa shape index (κ3) is 2.24. The minimum Gasteiger partial charge on any atom is -0.478 e. The first-order valence-electron chi connectivity index (χ1n) is 4.80. The number of nitrogens with one attached hydrogen (secondary N) is 1. The number of nitrogens with zero attached hydrogens (tertiary/aromatic N) is 1. The van der Waals surface area contributed by atoms with Crippen molar-refractivity contribution in [1.82, 2.24) is 4.98 Å². The Hall–Kier alpha value is -1.62. The van der Waals surface area contributed by atoms with Gasteiger partial charge < -0.3 is 15.2 Å². The summed E-state index contributed by atoms with van der Waals surface area (Å²) in [7, 11) is 0. The predicted molar refractivity (Wildman–Crippen MR) is 54.0 cm³/mol. The second-order valence-corrected chi connectivity index (χ2v) is 3.41. The summed E-state index contributed by atoms with van der Waals surface area (Å²) in [5.41, 5.74) is 0.199. The molecule has 1 saturated heterocycles. The van der Waals surface area contributed by atoms with Crippen molar-refractivity contribution in [2.24, 2.45) is 0 Å². The Kier molecular flexibility index (Phi) is 2.82. The van der Waals surface area contributed by atoms with Crippen LogP contribution in [0.2, 0.25) is 0 Å². The standard InChI is InChI=1S/C10H12N2O3/c13-10(14)8-2-1-4-11-9(8)12-7-3-5-15-6-7/h1-2,4,7H,3,5-6H2,(H,11,12)(H,13,14). The predicted octanol–water partition coefficient (Wildman–Crippen LogP) is 0.981. The number of ether oxygens (including phenoxy) is 1. The van der Waals surface area contributed by atoms with Crippen molar-refractivity contribution in [2.75, 3.05) is 18.5 Å². The van der Waals surface area contributed by atoms with E-state index in [4.69, 9.17) is 9.84 Å². The fourth-order valence-corrected chi connectivity index (χ4v) is 1.53. The van der Waals surface area contributed by atoms with Gasteiger partial charge in [-0.05, 0) is 18.6 Å². The van der Waals surface area contributed by atoms with Gasteiger partial charge in [0.1, 0.15) is 11.4 Å². The highest BCUT2D eigenvalue weighted by molar-refractivity contribution is 5.93. The van der Waals surface area contributed by atoms with E-state index >= 15 is 0 Å². The summed E-state index contributed by atoms with van der Waals surface area (Å²) in [5.74, 6) is -0.551. The molecule has 0 bridgehead atoms. The molecule has 5 heteroatoms. The Morgan fingerprint density at radius 1 is 1.67 bits per heavy atom. The van der Waals surface area contributed by atoms with E-state index in [0.717, 1.165) is 6.42 Å². The van der Waals surface area contributed by atoms with Gasteiger partial charge in [-0.25, -0.2) is 9.78 Å². The minimum atomic E-state index is -0.968. The number of anilines is 1. The van der Waals surface area contributed by atoms with Gasteiger partial charge in [0, 0.05) is 12.8 Å². The van der Waals surface area contributed by atoms with Gasteiger partial charge in [-0.3, -0.25) is 0 Å². The molecule has 1 fully saturated rings. The molecular formula is C10H12N2O3. The van der Waals surface area contributed by atoms with Crippen LogP contribution in [0.1, 0.15) is 16.8 Å². The molecule has 2 N–H and O–H groups in total. The number of rotatable bonds is 3. The Morgan fingerprint density at radius 3 is 3.20 bits per heavy atom. The van der Waals surface area contributed by atoms with Crippen molar-refractivity contribution >= 4 is 11.8 Å². The highest BCUT2D eigenvalue weighted by Gasteiger charge is 2.18. The molecule has 1 aliphatic heterocycles. The molecule has 1 aliphatic rings. The first kappa shape index (κ1) is 9.92. The minimum absolute atomic E-state index is 0.165. The maximum absolute atomic E-state index is 10.9. The summed E-state index contributed by atoms with van der Waals surface area (Å²) in [4.78, 5) is 14.9. The first-order chi connectivity index (χ1) is 7.27. The highest BCUT2D eigenvalue weighted by atomic mass is 16.5. The maximum Gasteiger partial charge on any atom is 0.339 e. The van der Waals surface area contributed by atoms with E-state index < -0.39 is 5.97 Å². The molecule has 15 heavy (non-hydrogen) atoms. The van der Waals surface area contributed by atoms with Crippen molar-refractivity contribution in [3.05, 3.63) is 23.9 Å². The van der Waals surface area contributed by atoms with Crippen LogP contribution in [0.25, 0.3) is 0 Å². The zero-order valence-corrected chi connectivity index (χ0v) is 8.14. The summed E-state index contributed by atoms with van der Waals surface area (Å²) in [6.45, 7) is 1.32. The number of carboxylic acids is 1. The molecule has 80 valence electrons. The van der Waals surface area contributed by atoms with Crippen LogP contribution in [-0.2, 0) is 4.74 Å². The lowest BCUT2D eigenvalue weighted by Gasteiger charge is -2.12. The Morgan fingerprint density at radius 2 is 2.53 bits per heavy atom. The van der Waals surface area contributed by atoms with Crippen LogP contribution < -0.4 is 5.32 Å². The molecule has 2 heterocycles. The van der Waals surface area contributed by atoms with E-state index in [1.807, 2.05) is 0 Å². The number of aromatic nitrogens is 1. The zero-order valence-electron chi connectivity index (χ0n) is 8.14. The van der Waals surface area contributed by atoms with Gasteiger partial charge >= 0.3 is 5.97 Å². The van der Waals surface area contributed by atoms with Crippen LogP contribution >= 0.6 is 0 Å². The largest absolute Gasteiger partial charge is 0.478 e. The number of aromatic carboxylic acids is 1. The molecule has 0 amide bonds. The lowest BCUT2D eigenvalue weighted by Crippen LogP contribution is -2.21. The van der Waals surface area contributed by atoms with E-state index in [9.17, 15) is 4.79 Å². The van der Waals surface area contributed by atoms with Gasteiger partial charge in [-0.15, -0.1) is 0 Å². The molecule has 0 radical (unpaired) electrons. The molecule has 0 aromatic carbocycles. The van der Waals surface area contributed by atoms with Crippen LogP contribution in [-0.4, -0.2) is 35.3 Å². The van der Waals surface area contributed by atoms with Crippen LogP contribution in [0.4, 0.5) is 5.82 Å². The maximum atomic E-state index is 10.9. The normalized spacial score (nSPS) is 20.1. The summed E-state index contributed by atoms with van der Waals surface area (Å²) < 4.78 is 5.19. The molecule has 1 atom stereocenters. The molecule has 1 unspecified atom stereocenters. The summed E-state index contributed by atoms with van der Waals surface area (Å²) in [6.07, 6.45) is 2.46. The van der Waals surface area contributed by atoms with Crippen molar-refractivity contribution in [3.63, 3.8) is 0 Å². The van der Waals surface area contributed by atoms with Gasteiger partial charge in [-0.1, -0.05) is 0 Å². The Labute approximate surface area is 87.1 Å². The van der Waals surface area contributed by atoms with Crippen LogP contribution in [0.3, 0.4) is 0 Å². The summed E-state index contributed by atoms with van der Waals surface area (Å²) in [6, 6.07) is 3.31. The molecule has 0 saturated carbocycles. The number of carbonyl (C=O) groups is 1. The average molecular weight is 208 g/mol. The van der Waals surface area contributed by atoms with Crippen LogP contribution in [0.5, 0.6) is 0 Å². The fourth-order valence-electron chi connectivity index (χ4n) is 1.53. The number of hydrogen-bond donors (Lipinski definition) is 2. The molecular weight excluding hydrogens is 196 g/mol. The Balaban J connectivity index is 2.15. The Bertz CT molecular complexity index is 361. The van der Waals surface area contributed by atoms with E-state index in [0.29, 0.717) is 19.0 Å². The fraction of sp³-hybridized carbons (Fsp3) is 0.400. The van der Waals surface area contributed by atoms with Crippen molar-refractivity contribution in [1.29, 1.82) is 0 Å². The van der Waals surface area contributed by atoms with Crippen LogP contribution in [0.15, 0.2) is 18.3 Å². The lowest BCUT2D eigenvalue weighted by molar-refractivity contribution is 0.0697. The lowest BCUT2D eigenvalue weighted by atomic mass is 10.2. The summed E-state index contributed by atoms with van der Waals surface area (Å²) in [5, 5.41) is 12.0. The highest BCUT2D eigenvalue weighted by Crippen LogP contribution is 2.15. The van der Waals surface area contributed by atoms with Gasteiger partial charge in [-0.2, -0.15) is 0 Å². The van der Waals surface area contributed by atoms with Gasteiger partial charge in [0.2, 0.25) is 0 Å².